The average Bonchev–Trinajstić information content (AvgIpc) is 2.29. The van der Waals surface area contributed by atoms with Gasteiger partial charge in [0.15, 0.2) is 5.75 Å². The van der Waals surface area contributed by atoms with Crippen LogP contribution in [0, 0.1) is 0 Å². The van der Waals surface area contributed by atoms with Crippen molar-refractivity contribution >= 4 is 27.6 Å². The van der Waals surface area contributed by atoms with E-state index in [1.54, 1.807) is 6.92 Å². The molecule has 1 aromatic rings. The van der Waals surface area contributed by atoms with Crippen LogP contribution in [0.1, 0.15) is 19.8 Å². The van der Waals surface area contributed by atoms with Crippen molar-refractivity contribution in [1.82, 2.24) is 0 Å². The van der Waals surface area contributed by atoms with Gasteiger partial charge in [-0.3, -0.25) is 0 Å². The van der Waals surface area contributed by atoms with E-state index in [-0.39, 0.29) is 12.1 Å². The van der Waals surface area contributed by atoms with Gasteiger partial charge in [-0.15, -0.1) is 13.2 Å². The predicted molar refractivity (Wildman–Crippen MR) is 70.8 cm³/mol. The Morgan fingerprint density at radius 1 is 1.50 bits per heavy atom. The van der Waals surface area contributed by atoms with E-state index >= 15 is 0 Å². The van der Waals surface area contributed by atoms with Crippen LogP contribution in [0.5, 0.6) is 5.75 Å². The van der Waals surface area contributed by atoms with E-state index in [1.165, 1.54) is 12.1 Å². The maximum atomic E-state index is 12.3. The number of hydrogen-bond acceptors (Lipinski definition) is 3. The zero-order chi connectivity index (χ0) is 15.3. The lowest BCUT2D eigenvalue weighted by Crippen LogP contribution is -2.29. The van der Waals surface area contributed by atoms with E-state index in [4.69, 9.17) is 5.11 Å². The Kier molecular flexibility index (Phi) is 5.67. The number of anilines is 1. The van der Waals surface area contributed by atoms with Crippen molar-refractivity contribution in [1.29, 1.82) is 0 Å². The third kappa shape index (κ3) is 5.28. The second kappa shape index (κ2) is 6.83. The van der Waals surface area contributed by atoms with E-state index < -0.39 is 24.1 Å². The van der Waals surface area contributed by atoms with Crippen LogP contribution in [0.3, 0.4) is 0 Å². The standard InChI is InChI=1S/C12H13BrF3NO3/c1-2-3-9(11(18)19)17-8-5-4-7(13)6-10(8)20-12(14,15)16/h4-6,9,17H,2-3H2,1H3,(H,18,19). The molecule has 0 radical (unpaired) electrons. The second-order valence-corrected chi connectivity index (χ2v) is 4.93. The summed E-state index contributed by atoms with van der Waals surface area (Å²) >= 11 is 3.04. The van der Waals surface area contributed by atoms with Crippen LogP contribution in [0.25, 0.3) is 0 Å². The SMILES string of the molecule is CCCC(Nc1ccc(Br)cc1OC(F)(F)F)C(=O)O. The summed E-state index contributed by atoms with van der Waals surface area (Å²) in [6, 6.07) is 2.98. The van der Waals surface area contributed by atoms with E-state index in [0.29, 0.717) is 10.9 Å². The van der Waals surface area contributed by atoms with Crippen LogP contribution < -0.4 is 10.1 Å². The monoisotopic (exact) mass is 355 g/mol. The molecule has 4 nitrogen and oxygen atoms in total. The number of rotatable bonds is 6. The van der Waals surface area contributed by atoms with Gasteiger partial charge >= 0.3 is 12.3 Å². The van der Waals surface area contributed by atoms with Crippen LogP contribution >= 0.6 is 15.9 Å². The molecule has 0 saturated carbocycles. The first-order chi connectivity index (χ1) is 9.23. The van der Waals surface area contributed by atoms with Gasteiger partial charge in [-0.2, -0.15) is 0 Å². The fourth-order valence-electron chi connectivity index (χ4n) is 1.56. The number of ether oxygens (including phenoxy) is 1. The molecular formula is C12H13BrF3NO3. The predicted octanol–water partition coefficient (Wildman–Crippen LogP) is 4.01. The fourth-order valence-corrected chi connectivity index (χ4v) is 1.90. The Morgan fingerprint density at radius 2 is 2.15 bits per heavy atom. The van der Waals surface area contributed by atoms with Crippen molar-refractivity contribution in [2.75, 3.05) is 5.32 Å². The molecule has 0 aliphatic rings. The first-order valence-corrected chi connectivity index (χ1v) is 6.57. The van der Waals surface area contributed by atoms with Crippen LogP contribution in [-0.2, 0) is 4.79 Å². The minimum absolute atomic E-state index is 0.0219. The van der Waals surface area contributed by atoms with Crippen molar-refractivity contribution in [2.24, 2.45) is 0 Å². The lowest BCUT2D eigenvalue weighted by atomic mass is 10.1. The number of hydrogen-bond donors (Lipinski definition) is 2. The molecule has 0 fully saturated rings. The van der Waals surface area contributed by atoms with Gasteiger partial charge in [-0.1, -0.05) is 29.3 Å². The minimum atomic E-state index is -4.85. The van der Waals surface area contributed by atoms with E-state index in [0.717, 1.165) is 6.07 Å². The molecule has 0 heterocycles. The highest BCUT2D eigenvalue weighted by atomic mass is 79.9. The normalized spacial score (nSPS) is 12.8. The number of carboxylic acid groups (broad SMARTS) is 1. The number of benzene rings is 1. The van der Waals surface area contributed by atoms with Crippen molar-refractivity contribution in [3.8, 4) is 5.75 Å². The number of carboxylic acids is 1. The minimum Gasteiger partial charge on any atom is -0.480 e. The van der Waals surface area contributed by atoms with Gasteiger partial charge in [0.05, 0.1) is 5.69 Å². The molecule has 1 rings (SSSR count). The molecular weight excluding hydrogens is 343 g/mol. The Bertz CT molecular complexity index is 480. The molecule has 0 spiro atoms. The fraction of sp³-hybridized carbons (Fsp3) is 0.417. The molecule has 0 amide bonds. The number of aliphatic carboxylic acids is 1. The zero-order valence-electron chi connectivity index (χ0n) is 10.5. The number of alkyl halides is 3. The third-order valence-electron chi connectivity index (χ3n) is 2.37. The number of halogens is 4. The van der Waals surface area contributed by atoms with Crippen LogP contribution in [0.4, 0.5) is 18.9 Å². The Morgan fingerprint density at radius 3 is 2.65 bits per heavy atom. The van der Waals surface area contributed by atoms with E-state index in [1.807, 2.05) is 0 Å². The molecule has 0 aliphatic carbocycles. The Labute approximate surface area is 122 Å². The van der Waals surface area contributed by atoms with Gasteiger partial charge in [-0.25, -0.2) is 4.79 Å². The Balaban J connectivity index is 3.01. The molecule has 0 aliphatic heterocycles. The summed E-state index contributed by atoms with van der Waals surface area (Å²) in [6.45, 7) is 1.78. The lowest BCUT2D eigenvalue weighted by Gasteiger charge is -2.19. The molecule has 2 N–H and O–H groups in total. The van der Waals surface area contributed by atoms with Crippen LogP contribution in [0.15, 0.2) is 22.7 Å². The topological polar surface area (TPSA) is 58.6 Å². The summed E-state index contributed by atoms with van der Waals surface area (Å²) in [6.07, 6.45) is -3.98. The number of carbonyl (C=O) groups is 1. The molecule has 112 valence electrons. The highest BCUT2D eigenvalue weighted by Gasteiger charge is 2.32. The van der Waals surface area contributed by atoms with Crippen molar-refractivity contribution in [3.05, 3.63) is 22.7 Å². The average molecular weight is 356 g/mol. The van der Waals surface area contributed by atoms with E-state index in [2.05, 4.69) is 26.0 Å². The maximum absolute atomic E-state index is 12.3. The van der Waals surface area contributed by atoms with Crippen LogP contribution in [0.2, 0.25) is 0 Å². The summed E-state index contributed by atoms with van der Waals surface area (Å²) in [5, 5.41) is 11.6. The quantitative estimate of drug-likeness (QED) is 0.809. The second-order valence-electron chi connectivity index (χ2n) is 4.01. The summed E-state index contributed by atoms with van der Waals surface area (Å²) in [4.78, 5) is 11.0. The third-order valence-corrected chi connectivity index (χ3v) is 2.87. The molecule has 0 aromatic heterocycles. The lowest BCUT2D eigenvalue weighted by molar-refractivity contribution is -0.274. The molecule has 8 heteroatoms. The van der Waals surface area contributed by atoms with Gasteiger partial charge in [-0.05, 0) is 24.6 Å². The Hall–Kier alpha value is -1.44. The summed E-state index contributed by atoms with van der Waals surface area (Å²) in [7, 11) is 0. The molecule has 1 aromatic carbocycles. The highest BCUT2D eigenvalue weighted by molar-refractivity contribution is 9.10. The molecule has 20 heavy (non-hydrogen) atoms. The highest BCUT2D eigenvalue weighted by Crippen LogP contribution is 2.33. The van der Waals surface area contributed by atoms with Crippen molar-refractivity contribution in [2.45, 2.75) is 32.2 Å². The van der Waals surface area contributed by atoms with Gasteiger partial charge < -0.3 is 15.2 Å². The smallest absolute Gasteiger partial charge is 0.480 e. The van der Waals surface area contributed by atoms with Gasteiger partial charge in [0, 0.05) is 4.47 Å². The zero-order valence-corrected chi connectivity index (χ0v) is 12.1. The van der Waals surface area contributed by atoms with Crippen LogP contribution in [-0.4, -0.2) is 23.5 Å². The molecule has 1 unspecified atom stereocenters. The summed E-state index contributed by atoms with van der Waals surface area (Å²) < 4.78 is 41.2. The largest absolute Gasteiger partial charge is 0.573 e. The molecule has 0 saturated heterocycles. The summed E-state index contributed by atoms with van der Waals surface area (Å²) in [5.41, 5.74) is -0.0219. The maximum Gasteiger partial charge on any atom is 0.573 e. The first-order valence-electron chi connectivity index (χ1n) is 5.77. The van der Waals surface area contributed by atoms with Crippen molar-refractivity contribution in [3.63, 3.8) is 0 Å². The number of nitrogens with one attached hydrogen (secondary N) is 1. The molecule has 0 bridgehead atoms. The van der Waals surface area contributed by atoms with Crippen molar-refractivity contribution < 1.29 is 27.8 Å². The molecule has 1 atom stereocenters. The van der Waals surface area contributed by atoms with Gasteiger partial charge in [0.2, 0.25) is 0 Å². The van der Waals surface area contributed by atoms with Gasteiger partial charge in [0.1, 0.15) is 6.04 Å². The van der Waals surface area contributed by atoms with Gasteiger partial charge in [0.25, 0.3) is 0 Å². The first kappa shape index (κ1) is 16.6. The van der Waals surface area contributed by atoms with E-state index in [9.17, 15) is 18.0 Å². The summed E-state index contributed by atoms with van der Waals surface area (Å²) in [5.74, 6) is -1.61.